The number of carbonyl (C=O) groups is 1. The summed E-state index contributed by atoms with van der Waals surface area (Å²) in [6, 6.07) is 7.74. The van der Waals surface area contributed by atoms with Crippen LogP contribution in [0.25, 0.3) is 10.8 Å². The first-order chi connectivity index (χ1) is 12.7. The lowest BCUT2D eigenvalue weighted by Crippen LogP contribution is -2.50. The van der Waals surface area contributed by atoms with Crippen LogP contribution in [0.1, 0.15) is 62.4 Å². The molecule has 0 spiro atoms. The van der Waals surface area contributed by atoms with E-state index in [9.17, 15) is 9.59 Å². The number of benzene rings is 1. The fourth-order valence-electron chi connectivity index (χ4n) is 4.77. The molecular weight excluding hydrogens is 326 g/mol. The van der Waals surface area contributed by atoms with Crippen LogP contribution in [0.5, 0.6) is 0 Å². The lowest BCUT2D eigenvalue weighted by molar-refractivity contribution is 0.0385. The van der Waals surface area contributed by atoms with E-state index in [-0.39, 0.29) is 11.5 Å². The number of likely N-dealkylation sites (tertiary alicyclic amines) is 1. The van der Waals surface area contributed by atoms with Gasteiger partial charge in [0.1, 0.15) is 0 Å². The van der Waals surface area contributed by atoms with Crippen molar-refractivity contribution in [3.8, 4) is 0 Å². The van der Waals surface area contributed by atoms with Crippen LogP contribution in [0, 0.1) is 5.92 Å². The minimum atomic E-state index is -0.104. The summed E-state index contributed by atoms with van der Waals surface area (Å²) in [6.45, 7) is 3.36. The molecule has 4 rings (SSSR count). The molecule has 1 aromatic heterocycles. The van der Waals surface area contributed by atoms with Gasteiger partial charge >= 0.3 is 0 Å². The molecule has 138 valence electrons. The first-order valence-electron chi connectivity index (χ1n) is 10.0. The maximum Gasteiger partial charge on any atom is 0.275 e. The van der Waals surface area contributed by atoms with Gasteiger partial charge in [-0.3, -0.25) is 9.59 Å². The monoisotopic (exact) mass is 353 g/mol. The van der Waals surface area contributed by atoms with E-state index in [1.807, 2.05) is 31.2 Å². The molecule has 1 amide bonds. The van der Waals surface area contributed by atoms with Crippen molar-refractivity contribution < 1.29 is 4.79 Å². The molecule has 0 N–H and O–H groups in total. The number of carbonyl (C=O) groups excluding carboxylic acids is 1. The first-order valence-corrected chi connectivity index (χ1v) is 10.0. The van der Waals surface area contributed by atoms with Gasteiger partial charge in [0.2, 0.25) is 0 Å². The lowest BCUT2D eigenvalue weighted by atomic mass is 9.78. The van der Waals surface area contributed by atoms with Crippen LogP contribution in [-0.2, 0) is 6.54 Å². The molecule has 5 heteroatoms. The van der Waals surface area contributed by atoms with Gasteiger partial charge in [-0.05, 0) is 44.1 Å². The second-order valence-electron chi connectivity index (χ2n) is 7.68. The van der Waals surface area contributed by atoms with Crippen LogP contribution >= 0.6 is 0 Å². The number of nitrogens with zero attached hydrogens (tertiary/aromatic N) is 3. The molecule has 1 aromatic carbocycles. The van der Waals surface area contributed by atoms with E-state index in [1.54, 1.807) is 0 Å². The summed E-state index contributed by atoms with van der Waals surface area (Å²) in [7, 11) is 0. The van der Waals surface area contributed by atoms with Crippen molar-refractivity contribution in [1.29, 1.82) is 0 Å². The quantitative estimate of drug-likeness (QED) is 0.847. The highest BCUT2D eigenvalue weighted by Crippen LogP contribution is 2.36. The molecule has 0 unspecified atom stereocenters. The van der Waals surface area contributed by atoms with Crippen LogP contribution in [0.4, 0.5) is 0 Å². The number of hydrogen-bond donors (Lipinski definition) is 0. The molecule has 2 fully saturated rings. The maximum atomic E-state index is 13.5. The predicted octanol–water partition coefficient (Wildman–Crippen LogP) is 3.60. The van der Waals surface area contributed by atoms with Crippen molar-refractivity contribution in [3.05, 3.63) is 40.3 Å². The Labute approximate surface area is 154 Å². The standard InChI is InChI=1S/C21H27N3O2/c1-2-13-24-20(25)17-11-5-4-10-16(17)19(22-24)21(26)23-14-7-9-15-8-3-6-12-18(15)23/h4-5,10-11,15,18H,2-3,6-9,12-14H2,1H3/t15-,18+/m0/s1. The van der Waals surface area contributed by atoms with E-state index in [0.29, 0.717) is 35.0 Å². The van der Waals surface area contributed by atoms with Crippen LogP contribution in [0.2, 0.25) is 0 Å². The fraction of sp³-hybridized carbons (Fsp3) is 0.571. The second-order valence-corrected chi connectivity index (χ2v) is 7.68. The van der Waals surface area contributed by atoms with Gasteiger partial charge in [-0.2, -0.15) is 5.10 Å². The van der Waals surface area contributed by atoms with Gasteiger partial charge in [-0.15, -0.1) is 0 Å². The molecule has 26 heavy (non-hydrogen) atoms. The summed E-state index contributed by atoms with van der Waals surface area (Å²) in [5.74, 6) is 0.636. The summed E-state index contributed by atoms with van der Waals surface area (Å²) < 4.78 is 1.47. The highest BCUT2D eigenvalue weighted by atomic mass is 16.2. The van der Waals surface area contributed by atoms with E-state index in [1.165, 1.54) is 30.4 Å². The fourth-order valence-corrected chi connectivity index (χ4v) is 4.77. The molecular formula is C21H27N3O2. The van der Waals surface area contributed by atoms with Crippen molar-refractivity contribution in [1.82, 2.24) is 14.7 Å². The van der Waals surface area contributed by atoms with E-state index < -0.39 is 0 Å². The van der Waals surface area contributed by atoms with Gasteiger partial charge in [0.05, 0.1) is 5.39 Å². The predicted molar refractivity (Wildman–Crippen MR) is 102 cm³/mol. The lowest BCUT2D eigenvalue weighted by Gasteiger charge is -2.44. The van der Waals surface area contributed by atoms with Crippen molar-refractivity contribution in [3.63, 3.8) is 0 Å². The highest BCUT2D eigenvalue weighted by Gasteiger charge is 2.37. The summed E-state index contributed by atoms with van der Waals surface area (Å²) in [4.78, 5) is 28.2. The minimum absolute atomic E-state index is 0.00246. The third kappa shape index (κ3) is 2.93. The summed E-state index contributed by atoms with van der Waals surface area (Å²) in [5, 5.41) is 5.80. The number of aromatic nitrogens is 2. The van der Waals surface area contributed by atoms with Crippen molar-refractivity contribution in [2.45, 2.75) is 64.5 Å². The average molecular weight is 353 g/mol. The van der Waals surface area contributed by atoms with Crippen molar-refractivity contribution in [2.75, 3.05) is 6.54 Å². The highest BCUT2D eigenvalue weighted by molar-refractivity contribution is 6.04. The Hall–Kier alpha value is -2.17. The van der Waals surface area contributed by atoms with Crippen molar-refractivity contribution >= 4 is 16.7 Å². The van der Waals surface area contributed by atoms with Crippen molar-refractivity contribution in [2.24, 2.45) is 5.92 Å². The Morgan fingerprint density at radius 2 is 1.85 bits per heavy atom. The molecule has 2 aromatic rings. The Morgan fingerprint density at radius 1 is 1.12 bits per heavy atom. The molecule has 2 aliphatic rings. The number of rotatable bonds is 3. The van der Waals surface area contributed by atoms with E-state index >= 15 is 0 Å². The minimum Gasteiger partial charge on any atom is -0.334 e. The largest absolute Gasteiger partial charge is 0.334 e. The Bertz CT molecular complexity index is 871. The Kier molecular flexibility index (Phi) is 4.79. The number of amides is 1. The van der Waals surface area contributed by atoms with E-state index in [4.69, 9.17) is 0 Å². The summed E-state index contributed by atoms with van der Waals surface area (Å²) in [5.41, 5.74) is 0.341. The van der Waals surface area contributed by atoms with E-state index in [2.05, 4.69) is 10.00 Å². The maximum absolute atomic E-state index is 13.5. The summed E-state index contributed by atoms with van der Waals surface area (Å²) in [6.07, 6.45) is 7.94. The Balaban J connectivity index is 1.78. The van der Waals surface area contributed by atoms with Gasteiger partial charge in [-0.1, -0.05) is 38.0 Å². The normalized spacial score (nSPS) is 23.0. The Morgan fingerprint density at radius 3 is 2.65 bits per heavy atom. The zero-order valence-electron chi connectivity index (χ0n) is 15.5. The number of piperidine rings is 1. The number of hydrogen-bond acceptors (Lipinski definition) is 3. The van der Waals surface area contributed by atoms with Gasteiger partial charge in [-0.25, -0.2) is 4.68 Å². The van der Waals surface area contributed by atoms with Crippen LogP contribution in [0.15, 0.2) is 29.1 Å². The molecule has 5 nitrogen and oxygen atoms in total. The molecule has 1 aliphatic carbocycles. The smallest absolute Gasteiger partial charge is 0.275 e. The molecule has 1 saturated heterocycles. The average Bonchev–Trinajstić information content (AvgIpc) is 2.69. The molecule has 1 saturated carbocycles. The molecule has 2 atom stereocenters. The number of fused-ring (bicyclic) bond motifs is 2. The molecule has 2 heterocycles. The van der Waals surface area contributed by atoms with Crippen LogP contribution in [0.3, 0.4) is 0 Å². The third-order valence-corrected chi connectivity index (χ3v) is 6.01. The zero-order chi connectivity index (χ0) is 18.1. The summed E-state index contributed by atoms with van der Waals surface area (Å²) >= 11 is 0. The van der Waals surface area contributed by atoms with Crippen LogP contribution in [-0.4, -0.2) is 33.2 Å². The SMILES string of the molecule is CCCn1nc(C(=O)N2CCC[C@@H]3CCCC[C@H]32)c2ccccc2c1=O. The molecule has 0 radical (unpaired) electrons. The number of aryl methyl sites for hydroxylation is 1. The topological polar surface area (TPSA) is 55.2 Å². The van der Waals surface area contributed by atoms with Gasteiger partial charge in [0.25, 0.3) is 11.5 Å². The second kappa shape index (κ2) is 7.22. The van der Waals surface area contributed by atoms with Gasteiger partial charge in [0, 0.05) is 24.5 Å². The first kappa shape index (κ1) is 17.3. The van der Waals surface area contributed by atoms with Gasteiger partial charge in [0.15, 0.2) is 5.69 Å². The molecule has 1 aliphatic heterocycles. The zero-order valence-corrected chi connectivity index (χ0v) is 15.5. The van der Waals surface area contributed by atoms with Gasteiger partial charge < -0.3 is 4.90 Å². The van der Waals surface area contributed by atoms with Crippen LogP contribution < -0.4 is 5.56 Å². The van der Waals surface area contributed by atoms with E-state index in [0.717, 1.165) is 25.8 Å². The molecule has 0 bridgehead atoms. The third-order valence-electron chi connectivity index (χ3n) is 6.01.